The van der Waals surface area contributed by atoms with E-state index in [0.29, 0.717) is 24.3 Å². The van der Waals surface area contributed by atoms with Gasteiger partial charge in [0, 0.05) is 46.6 Å². The predicted octanol–water partition coefficient (Wildman–Crippen LogP) is 9.16. The molecule has 0 atom stereocenters. The first-order chi connectivity index (χ1) is 33.6. The van der Waals surface area contributed by atoms with Crippen LogP contribution in [-0.4, -0.2) is 49.4 Å². The Hall–Kier alpha value is -6.58. The highest BCUT2D eigenvalue weighted by Gasteiger charge is 2.36. The summed E-state index contributed by atoms with van der Waals surface area (Å²) in [5.74, 6) is 0. The van der Waals surface area contributed by atoms with Crippen molar-refractivity contribution in [2.45, 2.75) is 60.4 Å². The van der Waals surface area contributed by atoms with Crippen molar-refractivity contribution in [1.29, 1.82) is 0 Å². The fourth-order valence-corrected chi connectivity index (χ4v) is 8.22. The van der Waals surface area contributed by atoms with E-state index >= 15 is 0 Å². The van der Waals surface area contributed by atoms with Crippen LogP contribution in [0.1, 0.15) is 72.9 Å². The minimum atomic E-state index is -4.50. The van der Waals surface area contributed by atoms with Gasteiger partial charge in [0.1, 0.15) is 20.2 Å². The minimum Gasteiger partial charge on any atom is -0.744 e. The summed E-state index contributed by atoms with van der Waals surface area (Å²) in [6.45, 7) is 4.79. The first kappa shape index (κ1) is 56.0. The first-order valence-electron chi connectivity index (χ1n) is 23.0. The van der Waals surface area contributed by atoms with Gasteiger partial charge >= 0.3 is 0 Å². The first-order valence-corrected chi connectivity index (χ1v) is 25.8. The van der Waals surface area contributed by atoms with E-state index in [1.54, 1.807) is 0 Å². The van der Waals surface area contributed by atoms with E-state index in [1.165, 1.54) is 57.6 Å². The van der Waals surface area contributed by atoms with Crippen molar-refractivity contribution in [1.82, 2.24) is 0 Å². The summed E-state index contributed by atoms with van der Waals surface area (Å²) in [6, 6.07) is 73.2. The molecule has 70 heavy (non-hydrogen) atoms. The lowest BCUT2D eigenvalue weighted by Gasteiger charge is -2.27. The molecule has 0 saturated heterocycles. The number of benzene rings is 8. The molecule has 0 aliphatic rings. The lowest BCUT2D eigenvalue weighted by atomic mass is 9.78. The van der Waals surface area contributed by atoms with Crippen molar-refractivity contribution in [2.75, 3.05) is 13.2 Å². The van der Waals surface area contributed by atoms with E-state index in [1.807, 2.05) is 36.4 Å². The number of quaternary nitrogens is 2. The van der Waals surface area contributed by atoms with Crippen LogP contribution in [0.2, 0.25) is 0 Å². The van der Waals surface area contributed by atoms with Crippen molar-refractivity contribution in [3.05, 3.63) is 264 Å². The van der Waals surface area contributed by atoms with E-state index in [0.717, 1.165) is 49.9 Å². The normalized spacial score (nSPS) is 11.1. The van der Waals surface area contributed by atoms with Crippen molar-refractivity contribution in [2.24, 2.45) is 0 Å². The molecule has 0 aliphatic heterocycles. The van der Waals surface area contributed by atoms with Gasteiger partial charge in [0.05, 0.1) is 9.79 Å². The molecule has 12 heteroatoms. The maximum absolute atomic E-state index is 10.8. The second kappa shape index (κ2) is 28.2. The summed E-state index contributed by atoms with van der Waals surface area (Å²) < 4.78 is 64.7. The van der Waals surface area contributed by atoms with Gasteiger partial charge in [0.15, 0.2) is 11.1 Å². The van der Waals surface area contributed by atoms with E-state index in [4.69, 9.17) is 10.2 Å². The number of rotatable bonds is 13. The molecule has 8 aromatic carbocycles. The van der Waals surface area contributed by atoms with Crippen LogP contribution < -0.4 is 11.5 Å². The van der Waals surface area contributed by atoms with Gasteiger partial charge in [-0.3, -0.25) is 0 Å². The number of hydrogen-bond acceptors (Lipinski definition) is 8. The molecule has 366 valence electrons. The number of unbranched alkanes of at least 4 members (excludes halogenated alkanes) is 2. The highest BCUT2D eigenvalue weighted by molar-refractivity contribution is 7.86. The Bertz CT molecular complexity index is 2500. The van der Waals surface area contributed by atoms with E-state index < -0.39 is 20.2 Å². The van der Waals surface area contributed by atoms with E-state index in [-0.39, 0.29) is 20.9 Å². The smallest absolute Gasteiger partial charge is 0.172 e. The monoisotopic (exact) mass is 980 g/mol. The Labute approximate surface area is 414 Å². The second-order valence-corrected chi connectivity index (χ2v) is 18.9. The molecule has 0 amide bonds. The molecular formula is C58H64N2O8S2. The fraction of sp³-hybridized carbons (Fsp3) is 0.172. The number of hydrogen-bond donors (Lipinski definition) is 4. The molecule has 0 unspecified atom stereocenters. The molecule has 0 fully saturated rings. The van der Waals surface area contributed by atoms with E-state index in [2.05, 4.69) is 171 Å². The average Bonchev–Trinajstić information content (AvgIpc) is 3.40. The predicted molar refractivity (Wildman–Crippen MR) is 276 cm³/mol. The maximum Gasteiger partial charge on any atom is 0.172 e. The summed E-state index contributed by atoms with van der Waals surface area (Å²) in [6.07, 6.45) is 4.08. The number of aliphatic hydroxyl groups excluding tert-OH is 2. The van der Waals surface area contributed by atoms with Crippen LogP contribution >= 0.6 is 0 Å². The third-order valence-electron chi connectivity index (χ3n) is 11.2. The summed E-state index contributed by atoms with van der Waals surface area (Å²) in [5, 5.41) is 16.1. The van der Waals surface area contributed by atoms with Crippen LogP contribution in [0.3, 0.4) is 0 Å². The van der Waals surface area contributed by atoms with Gasteiger partial charge in [-0.1, -0.05) is 233 Å². The average molecular weight is 981 g/mol. The van der Waals surface area contributed by atoms with Gasteiger partial charge in [-0.25, -0.2) is 16.8 Å². The Morgan fingerprint density at radius 3 is 0.671 bits per heavy atom. The molecule has 0 aromatic heterocycles. The molecule has 8 N–H and O–H groups in total. The van der Waals surface area contributed by atoms with Crippen molar-refractivity contribution < 1.29 is 47.6 Å². The standard InChI is InChI=1S/2C19H17N.C12H10O6S2.2C4H10O/c2*20-19(16-10-4-1-5-11-16,17-12-6-2-7-13-17)18-14-8-3-9-15-18;13-19(14,15)11-5-1-9(2-6-11)10-3-7-12(8-4-10)20(16,17)18;2*1-2-3-4-5/h2*1-15H,20H2;1-8H,(H,13,14,15)(H,16,17,18);2*5H,2-4H2,1H3. The fourth-order valence-electron chi connectivity index (χ4n) is 7.28. The summed E-state index contributed by atoms with van der Waals surface area (Å²) in [4.78, 5) is -0.694. The Balaban J connectivity index is 0.000000208. The second-order valence-electron chi connectivity index (χ2n) is 16.1. The van der Waals surface area contributed by atoms with Gasteiger partial charge in [-0.05, 0) is 48.2 Å². The molecular weight excluding hydrogens is 917 g/mol. The van der Waals surface area contributed by atoms with Gasteiger partial charge < -0.3 is 30.8 Å². The zero-order chi connectivity index (χ0) is 50.9. The zero-order valence-corrected chi connectivity index (χ0v) is 41.4. The Morgan fingerprint density at radius 2 is 0.543 bits per heavy atom. The summed E-state index contributed by atoms with van der Waals surface area (Å²) in [7, 11) is -9.00. The lowest BCUT2D eigenvalue weighted by molar-refractivity contribution is -0.455. The van der Waals surface area contributed by atoms with Gasteiger partial charge in [0.2, 0.25) is 0 Å². The summed E-state index contributed by atoms with van der Waals surface area (Å²) in [5.41, 5.74) is 16.8. The number of aliphatic hydroxyl groups is 2. The lowest BCUT2D eigenvalue weighted by Crippen LogP contribution is -2.71. The van der Waals surface area contributed by atoms with E-state index in [9.17, 15) is 25.9 Å². The largest absolute Gasteiger partial charge is 0.744 e. The maximum atomic E-state index is 10.8. The van der Waals surface area contributed by atoms with Crippen molar-refractivity contribution in [3.63, 3.8) is 0 Å². The topological polar surface area (TPSA) is 210 Å². The van der Waals surface area contributed by atoms with Crippen LogP contribution in [0, 0.1) is 0 Å². The van der Waals surface area contributed by atoms with Gasteiger partial charge in [-0.15, -0.1) is 0 Å². The molecule has 10 nitrogen and oxygen atoms in total. The molecule has 0 aliphatic carbocycles. The highest BCUT2D eigenvalue weighted by Crippen LogP contribution is 2.33. The van der Waals surface area contributed by atoms with Crippen LogP contribution in [0.15, 0.2) is 240 Å². The Kier molecular flexibility index (Phi) is 22.5. The van der Waals surface area contributed by atoms with Crippen LogP contribution in [0.5, 0.6) is 0 Å². The SMILES string of the molecule is CCCCO.CCCCO.O=S(=O)([O-])c1ccc(-c2ccc(S(=O)(=O)[O-])cc2)cc1.[NH3+]C(c1ccccc1)(c1ccccc1)c1ccccc1.[NH3+]C(c1ccccc1)(c1ccccc1)c1ccccc1. The highest BCUT2D eigenvalue weighted by atomic mass is 32.2. The third kappa shape index (κ3) is 16.3. The molecule has 8 rings (SSSR count). The molecule has 0 radical (unpaired) electrons. The van der Waals surface area contributed by atoms with Crippen molar-refractivity contribution >= 4 is 20.2 Å². The van der Waals surface area contributed by atoms with Crippen molar-refractivity contribution in [3.8, 4) is 11.1 Å². The third-order valence-corrected chi connectivity index (χ3v) is 12.9. The Morgan fingerprint density at radius 1 is 0.357 bits per heavy atom. The molecule has 0 heterocycles. The minimum absolute atomic E-state index is 0.344. The summed E-state index contributed by atoms with van der Waals surface area (Å²) >= 11 is 0. The molecule has 0 saturated carbocycles. The molecule has 8 aromatic rings. The van der Waals surface area contributed by atoms with Gasteiger partial charge in [0.25, 0.3) is 0 Å². The zero-order valence-electron chi connectivity index (χ0n) is 39.8. The van der Waals surface area contributed by atoms with Gasteiger partial charge in [-0.2, -0.15) is 0 Å². The molecule has 0 bridgehead atoms. The van der Waals surface area contributed by atoms with Crippen LogP contribution in [-0.2, 0) is 31.3 Å². The van der Waals surface area contributed by atoms with Crippen LogP contribution in [0.4, 0.5) is 0 Å². The molecule has 0 spiro atoms. The quantitative estimate of drug-likeness (QED) is 0.0645. The van der Waals surface area contributed by atoms with Crippen LogP contribution in [0.25, 0.3) is 11.1 Å².